The van der Waals surface area contributed by atoms with Crippen molar-refractivity contribution >= 4 is 44.1 Å². The van der Waals surface area contributed by atoms with Gasteiger partial charge in [0.05, 0.1) is 15.3 Å². The molecule has 1 aliphatic heterocycles. The largest absolute Gasteiger partial charge is 0.480 e. The topological polar surface area (TPSA) is 53.4 Å². The van der Waals surface area contributed by atoms with E-state index in [9.17, 15) is 9.90 Å². The average molecular weight is 431 g/mol. The molecule has 1 fully saturated rings. The first-order valence-electron chi connectivity index (χ1n) is 8.72. The van der Waals surface area contributed by atoms with Crippen LogP contribution in [0, 0.1) is 0 Å². The van der Waals surface area contributed by atoms with Gasteiger partial charge in [0.2, 0.25) is 0 Å². The quantitative estimate of drug-likeness (QED) is 0.626. The molecule has 1 N–H and O–H groups in total. The number of nitrogens with zero attached hydrogens (tertiary/aromatic N) is 2. The predicted molar refractivity (Wildman–Crippen MR) is 108 cm³/mol. The Morgan fingerprint density at radius 3 is 2.85 bits per heavy atom. The lowest BCUT2D eigenvalue weighted by Gasteiger charge is -2.39. The van der Waals surface area contributed by atoms with Gasteiger partial charge < -0.3 is 5.11 Å². The number of benzene rings is 1. The second-order valence-corrected chi connectivity index (χ2v) is 9.04. The summed E-state index contributed by atoms with van der Waals surface area (Å²) in [4.78, 5) is 19.7. The number of aliphatic carboxylic acids is 1. The second kappa shape index (κ2) is 7.47. The first-order chi connectivity index (χ1) is 12.6. The number of hydrogen-bond donors (Lipinski definition) is 1. The van der Waals surface area contributed by atoms with Crippen LogP contribution >= 0.6 is 27.3 Å². The Bertz CT molecular complexity index is 937. The van der Waals surface area contributed by atoms with E-state index in [-0.39, 0.29) is 6.04 Å². The molecular formula is C20H19BrN2O2S. The van der Waals surface area contributed by atoms with Crippen molar-refractivity contribution in [1.82, 2.24) is 9.88 Å². The van der Waals surface area contributed by atoms with Crippen molar-refractivity contribution in [1.29, 1.82) is 0 Å². The molecule has 1 saturated heterocycles. The predicted octanol–water partition coefficient (Wildman–Crippen LogP) is 5.09. The summed E-state index contributed by atoms with van der Waals surface area (Å²) in [6.07, 6.45) is 4.51. The van der Waals surface area contributed by atoms with Gasteiger partial charge in [0.1, 0.15) is 6.04 Å². The van der Waals surface area contributed by atoms with Crippen molar-refractivity contribution in [2.45, 2.75) is 31.3 Å². The summed E-state index contributed by atoms with van der Waals surface area (Å²) in [5.74, 6) is -0.733. The number of aromatic nitrogens is 1. The van der Waals surface area contributed by atoms with E-state index in [1.54, 1.807) is 11.3 Å². The third-order valence-corrected chi connectivity index (χ3v) is 6.68. The van der Waals surface area contributed by atoms with Crippen LogP contribution in [-0.2, 0) is 4.79 Å². The normalized spacial score (nSPS) is 19.5. The second-order valence-electron chi connectivity index (χ2n) is 6.55. The molecule has 0 saturated carbocycles. The fraction of sp³-hybridized carbons (Fsp3) is 0.300. The van der Waals surface area contributed by atoms with Gasteiger partial charge in [-0.05, 0) is 65.1 Å². The molecule has 1 aromatic carbocycles. The van der Waals surface area contributed by atoms with Gasteiger partial charge in [-0.15, -0.1) is 11.3 Å². The van der Waals surface area contributed by atoms with Gasteiger partial charge in [-0.2, -0.15) is 0 Å². The molecule has 0 spiro atoms. The van der Waals surface area contributed by atoms with Crippen molar-refractivity contribution in [3.05, 3.63) is 62.9 Å². The number of likely N-dealkylation sites (tertiary alicyclic amines) is 1. The molecule has 2 atom stereocenters. The number of thiophene rings is 1. The minimum absolute atomic E-state index is 0.0828. The molecule has 6 heteroatoms. The van der Waals surface area contributed by atoms with Crippen molar-refractivity contribution in [2.75, 3.05) is 6.54 Å². The Kier molecular flexibility index (Phi) is 5.07. The van der Waals surface area contributed by atoms with Crippen LogP contribution in [0.1, 0.15) is 35.7 Å². The number of piperidine rings is 1. The molecule has 4 rings (SSSR count). The average Bonchev–Trinajstić information content (AvgIpc) is 3.08. The van der Waals surface area contributed by atoms with E-state index in [1.807, 2.05) is 36.5 Å². The van der Waals surface area contributed by atoms with E-state index in [4.69, 9.17) is 0 Å². The lowest BCUT2D eigenvalue weighted by Crippen LogP contribution is -2.46. The zero-order valence-electron chi connectivity index (χ0n) is 14.1. The molecular weight excluding hydrogens is 412 g/mol. The van der Waals surface area contributed by atoms with Crippen LogP contribution in [0.25, 0.3) is 10.9 Å². The van der Waals surface area contributed by atoms with Gasteiger partial charge in [0.25, 0.3) is 0 Å². The molecule has 2 aromatic heterocycles. The summed E-state index contributed by atoms with van der Waals surface area (Å²) in [7, 11) is 0. The highest BCUT2D eigenvalue weighted by Gasteiger charge is 2.36. The van der Waals surface area contributed by atoms with Crippen molar-refractivity contribution in [2.24, 2.45) is 0 Å². The monoisotopic (exact) mass is 430 g/mol. The van der Waals surface area contributed by atoms with Crippen molar-refractivity contribution in [3.63, 3.8) is 0 Å². The molecule has 1 aliphatic rings. The van der Waals surface area contributed by atoms with Crippen LogP contribution in [-0.4, -0.2) is 33.5 Å². The lowest BCUT2D eigenvalue weighted by atomic mass is 9.93. The van der Waals surface area contributed by atoms with Crippen LogP contribution in [0.4, 0.5) is 0 Å². The van der Waals surface area contributed by atoms with Crippen LogP contribution < -0.4 is 0 Å². The molecule has 3 aromatic rings. The van der Waals surface area contributed by atoms with Gasteiger partial charge in [0.15, 0.2) is 0 Å². The lowest BCUT2D eigenvalue weighted by molar-refractivity contribution is -0.145. The highest BCUT2D eigenvalue weighted by atomic mass is 79.9. The van der Waals surface area contributed by atoms with E-state index in [1.165, 1.54) is 0 Å². The molecule has 3 heterocycles. The molecule has 0 bridgehead atoms. The molecule has 2 unspecified atom stereocenters. The molecule has 4 nitrogen and oxygen atoms in total. The number of para-hydroxylation sites is 1. The Morgan fingerprint density at radius 1 is 1.23 bits per heavy atom. The smallest absolute Gasteiger partial charge is 0.320 e. The maximum absolute atomic E-state index is 11.9. The Hall–Kier alpha value is -1.76. The van der Waals surface area contributed by atoms with Gasteiger partial charge in [-0.1, -0.05) is 24.6 Å². The van der Waals surface area contributed by atoms with Gasteiger partial charge in [-0.25, -0.2) is 0 Å². The number of carboxylic acid groups (broad SMARTS) is 1. The van der Waals surface area contributed by atoms with Crippen LogP contribution in [0.5, 0.6) is 0 Å². The first kappa shape index (κ1) is 17.6. The molecule has 0 amide bonds. The third-order valence-electron chi connectivity index (χ3n) is 5.00. The Morgan fingerprint density at radius 2 is 2.08 bits per heavy atom. The number of halogens is 1. The maximum Gasteiger partial charge on any atom is 0.320 e. The molecule has 0 radical (unpaired) electrons. The van der Waals surface area contributed by atoms with Crippen LogP contribution in [0.3, 0.4) is 0 Å². The highest BCUT2D eigenvalue weighted by Crippen LogP contribution is 2.40. The minimum Gasteiger partial charge on any atom is -0.480 e. The number of pyridine rings is 1. The highest BCUT2D eigenvalue weighted by molar-refractivity contribution is 9.11. The Balaban J connectivity index is 1.89. The number of rotatable bonds is 4. The molecule has 26 heavy (non-hydrogen) atoms. The number of fused-ring (bicyclic) bond motifs is 1. The fourth-order valence-electron chi connectivity index (χ4n) is 3.86. The number of carboxylic acids is 1. The van der Waals surface area contributed by atoms with Crippen molar-refractivity contribution in [3.8, 4) is 0 Å². The summed E-state index contributed by atoms with van der Waals surface area (Å²) in [5.41, 5.74) is 2.06. The van der Waals surface area contributed by atoms with E-state index in [0.717, 1.165) is 44.5 Å². The fourth-order valence-corrected chi connectivity index (χ4v) is 5.42. The third kappa shape index (κ3) is 3.29. The van der Waals surface area contributed by atoms with Gasteiger partial charge in [-0.3, -0.25) is 14.7 Å². The van der Waals surface area contributed by atoms with Crippen LogP contribution in [0.2, 0.25) is 0 Å². The van der Waals surface area contributed by atoms with Gasteiger partial charge in [0, 0.05) is 16.5 Å². The van der Waals surface area contributed by atoms with Crippen LogP contribution in [0.15, 0.2) is 52.4 Å². The zero-order valence-corrected chi connectivity index (χ0v) is 16.5. The standard InChI is InChI=1S/C20H19BrN2O2S/c21-18-9-8-17(26-18)19(23-12-4-3-7-16(23)20(24)25)14-10-11-22-15-6-2-1-5-13(14)15/h1-2,5-6,8-11,16,19H,3-4,7,12H2,(H,24,25). The van der Waals surface area contributed by atoms with E-state index < -0.39 is 12.0 Å². The SMILES string of the molecule is O=C(O)C1CCCCN1C(c1ccc(Br)s1)c1ccnc2ccccc12. The number of hydrogen-bond acceptors (Lipinski definition) is 4. The maximum atomic E-state index is 11.9. The summed E-state index contributed by atoms with van der Waals surface area (Å²) >= 11 is 5.23. The molecule has 134 valence electrons. The van der Waals surface area contributed by atoms with Gasteiger partial charge >= 0.3 is 5.97 Å². The minimum atomic E-state index is -0.733. The van der Waals surface area contributed by atoms with E-state index in [2.05, 4.69) is 37.9 Å². The summed E-state index contributed by atoms with van der Waals surface area (Å²) in [6, 6.07) is 13.7. The summed E-state index contributed by atoms with van der Waals surface area (Å²) in [6.45, 7) is 0.786. The molecule has 0 aliphatic carbocycles. The van der Waals surface area contributed by atoms with Crippen molar-refractivity contribution < 1.29 is 9.90 Å². The first-order valence-corrected chi connectivity index (χ1v) is 10.3. The van der Waals surface area contributed by atoms with E-state index >= 15 is 0 Å². The Labute approximate surface area is 164 Å². The number of carbonyl (C=O) groups is 1. The van der Waals surface area contributed by atoms with E-state index in [0.29, 0.717) is 6.42 Å². The summed E-state index contributed by atoms with van der Waals surface area (Å²) < 4.78 is 1.06. The zero-order chi connectivity index (χ0) is 18.1. The summed E-state index contributed by atoms with van der Waals surface area (Å²) in [5, 5.41) is 10.9.